The molecule has 1 aromatic heterocycles. The van der Waals surface area contributed by atoms with Gasteiger partial charge in [0.05, 0.1) is 5.69 Å². The van der Waals surface area contributed by atoms with Gasteiger partial charge in [-0.05, 0) is 20.0 Å². The van der Waals surface area contributed by atoms with Crippen molar-refractivity contribution in [2.45, 2.75) is 25.7 Å². The van der Waals surface area contributed by atoms with Crippen molar-refractivity contribution in [3.8, 4) is 0 Å². The number of H-pyrrole nitrogens is 1. The molecule has 1 N–H and O–H groups in total. The number of nitrogens with zero attached hydrogens (tertiary/aromatic N) is 2. The van der Waals surface area contributed by atoms with Crippen LogP contribution in [-0.2, 0) is 6.42 Å². The van der Waals surface area contributed by atoms with Crippen molar-refractivity contribution in [2.75, 3.05) is 20.1 Å². The molecule has 0 amide bonds. The van der Waals surface area contributed by atoms with Crippen LogP contribution in [0.3, 0.4) is 0 Å². The summed E-state index contributed by atoms with van der Waals surface area (Å²) in [5.74, 6) is 1.23. The Hall–Kier alpha value is -1.16. The third kappa shape index (κ3) is 2.26. The highest BCUT2D eigenvalue weighted by Crippen LogP contribution is 2.23. The van der Waals surface area contributed by atoms with Crippen LogP contribution in [0.4, 0.5) is 0 Å². The monoisotopic (exact) mass is 207 g/mol. The highest BCUT2D eigenvalue weighted by molar-refractivity contribution is 5.11. The van der Waals surface area contributed by atoms with Crippen LogP contribution < -0.4 is 5.56 Å². The number of aromatic nitrogens is 2. The molecule has 2 rings (SSSR count). The second-order valence-corrected chi connectivity index (χ2v) is 4.22. The van der Waals surface area contributed by atoms with E-state index in [9.17, 15) is 4.79 Å². The van der Waals surface area contributed by atoms with E-state index < -0.39 is 0 Å². The van der Waals surface area contributed by atoms with E-state index in [0.29, 0.717) is 5.92 Å². The SMILES string of the molecule is CCc1nc(C2CCN(C)C2)cc(=O)[nH]1. The molecule has 0 radical (unpaired) electrons. The molecule has 0 spiro atoms. The summed E-state index contributed by atoms with van der Waals surface area (Å²) in [5, 5.41) is 0. The van der Waals surface area contributed by atoms with Gasteiger partial charge in [0.15, 0.2) is 0 Å². The summed E-state index contributed by atoms with van der Waals surface area (Å²) in [6, 6.07) is 1.64. The zero-order chi connectivity index (χ0) is 10.8. The van der Waals surface area contributed by atoms with Crippen LogP contribution in [0.25, 0.3) is 0 Å². The molecular formula is C11H17N3O. The second kappa shape index (κ2) is 4.14. The van der Waals surface area contributed by atoms with Crippen LogP contribution in [0.15, 0.2) is 10.9 Å². The molecule has 0 aliphatic carbocycles. The lowest BCUT2D eigenvalue weighted by Crippen LogP contribution is -2.17. The normalized spacial score (nSPS) is 22.1. The van der Waals surface area contributed by atoms with Gasteiger partial charge in [0.1, 0.15) is 5.82 Å². The third-order valence-corrected chi connectivity index (χ3v) is 2.96. The summed E-state index contributed by atoms with van der Waals surface area (Å²) in [7, 11) is 2.11. The van der Waals surface area contributed by atoms with Gasteiger partial charge in [0.25, 0.3) is 5.56 Å². The predicted octanol–water partition coefficient (Wildman–Crippen LogP) is 0.751. The summed E-state index contributed by atoms with van der Waals surface area (Å²) in [4.78, 5) is 20.9. The predicted molar refractivity (Wildman–Crippen MR) is 59.1 cm³/mol. The van der Waals surface area contributed by atoms with Gasteiger partial charge in [-0.3, -0.25) is 4.79 Å². The Morgan fingerprint density at radius 1 is 1.67 bits per heavy atom. The van der Waals surface area contributed by atoms with Gasteiger partial charge in [-0.1, -0.05) is 6.92 Å². The number of likely N-dealkylation sites (N-methyl/N-ethyl adjacent to an activating group) is 1. The maximum absolute atomic E-state index is 11.4. The molecule has 15 heavy (non-hydrogen) atoms. The highest BCUT2D eigenvalue weighted by atomic mass is 16.1. The number of aromatic amines is 1. The molecule has 0 saturated carbocycles. The first-order chi connectivity index (χ1) is 7.19. The van der Waals surface area contributed by atoms with E-state index >= 15 is 0 Å². The minimum atomic E-state index is -0.0218. The zero-order valence-corrected chi connectivity index (χ0v) is 9.29. The van der Waals surface area contributed by atoms with E-state index in [-0.39, 0.29) is 5.56 Å². The van der Waals surface area contributed by atoms with E-state index in [0.717, 1.165) is 37.4 Å². The van der Waals surface area contributed by atoms with Crippen molar-refractivity contribution < 1.29 is 0 Å². The maximum Gasteiger partial charge on any atom is 0.251 e. The van der Waals surface area contributed by atoms with Gasteiger partial charge in [0.2, 0.25) is 0 Å². The summed E-state index contributed by atoms with van der Waals surface area (Å²) in [5.41, 5.74) is 0.936. The van der Waals surface area contributed by atoms with Crippen molar-refractivity contribution in [3.63, 3.8) is 0 Å². The Bertz CT molecular complexity index is 399. The van der Waals surface area contributed by atoms with Gasteiger partial charge >= 0.3 is 0 Å². The van der Waals surface area contributed by atoms with E-state index in [2.05, 4.69) is 21.9 Å². The lowest BCUT2D eigenvalue weighted by atomic mass is 10.0. The summed E-state index contributed by atoms with van der Waals surface area (Å²) in [6.07, 6.45) is 1.89. The molecule has 0 bridgehead atoms. The average molecular weight is 207 g/mol. The number of hydrogen-bond acceptors (Lipinski definition) is 3. The van der Waals surface area contributed by atoms with Gasteiger partial charge in [0, 0.05) is 24.9 Å². The first-order valence-corrected chi connectivity index (χ1v) is 5.47. The van der Waals surface area contributed by atoms with Crippen molar-refractivity contribution in [2.24, 2.45) is 0 Å². The number of nitrogens with one attached hydrogen (secondary N) is 1. The fourth-order valence-corrected chi connectivity index (χ4v) is 2.08. The van der Waals surface area contributed by atoms with E-state index in [1.54, 1.807) is 6.07 Å². The topological polar surface area (TPSA) is 49.0 Å². The van der Waals surface area contributed by atoms with Crippen molar-refractivity contribution >= 4 is 0 Å². The molecule has 2 heterocycles. The Kier molecular flexibility index (Phi) is 2.86. The van der Waals surface area contributed by atoms with Crippen LogP contribution in [0.5, 0.6) is 0 Å². The molecule has 1 saturated heterocycles. The van der Waals surface area contributed by atoms with E-state index in [1.165, 1.54) is 0 Å². The third-order valence-electron chi connectivity index (χ3n) is 2.96. The molecule has 4 heteroatoms. The summed E-state index contributed by atoms with van der Waals surface area (Å²) in [6.45, 7) is 4.11. The standard InChI is InChI=1S/C11H17N3O/c1-3-10-12-9(6-11(15)13-10)8-4-5-14(2)7-8/h6,8H,3-5,7H2,1-2H3,(H,12,13,15). The zero-order valence-electron chi connectivity index (χ0n) is 9.29. The Balaban J connectivity index is 2.28. The van der Waals surface area contributed by atoms with Gasteiger partial charge < -0.3 is 9.88 Å². The lowest BCUT2D eigenvalue weighted by Gasteiger charge is -2.10. The molecule has 82 valence electrons. The quantitative estimate of drug-likeness (QED) is 0.778. The largest absolute Gasteiger partial charge is 0.311 e. The molecule has 0 aromatic carbocycles. The van der Waals surface area contributed by atoms with Crippen molar-refractivity contribution in [3.05, 3.63) is 27.9 Å². The van der Waals surface area contributed by atoms with Crippen molar-refractivity contribution in [1.29, 1.82) is 0 Å². The molecule has 1 aliphatic heterocycles. The molecule has 1 unspecified atom stereocenters. The van der Waals surface area contributed by atoms with Crippen LogP contribution in [-0.4, -0.2) is 35.0 Å². The number of likely N-dealkylation sites (tertiary alicyclic amines) is 1. The number of rotatable bonds is 2. The Morgan fingerprint density at radius 3 is 3.07 bits per heavy atom. The van der Waals surface area contributed by atoms with Crippen LogP contribution in [0.1, 0.15) is 30.8 Å². The first kappa shape index (κ1) is 10.4. The smallest absolute Gasteiger partial charge is 0.251 e. The van der Waals surface area contributed by atoms with Gasteiger partial charge in [-0.15, -0.1) is 0 Å². The molecule has 1 fully saturated rings. The number of hydrogen-bond donors (Lipinski definition) is 1. The summed E-state index contributed by atoms with van der Waals surface area (Å²) >= 11 is 0. The van der Waals surface area contributed by atoms with Crippen molar-refractivity contribution in [1.82, 2.24) is 14.9 Å². The van der Waals surface area contributed by atoms with Crippen LogP contribution in [0.2, 0.25) is 0 Å². The second-order valence-electron chi connectivity index (χ2n) is 4.22. The minimum Gasteiger partial charge on any atom is -0.311 e. The molecule has 1 atom stereocenters. The minimum absolute atomic E-state index is 0.0218. The Labute approximate surface area is 89.3 Å². The fraction of sp³-hybridized carbons (Fsp3) is 0.636. The molecular weight excluding hydrogens is 190 g/mol. The molecule has 1 aromatic rings. The summed E-state index contributed by atoms with van der Waals surface area (Å²) < 4.78 is 0. The Morgan fingerprint density at radius 2 is 2.47 bits per heavy atom. The lowest BCUT2D eigenvalue weighted by molar-refractivity contribution is 0.410. The molecule has 4 nitrogen and oxygen atoms in total. The van der Waals surface area contributed by atoms with Gasteiger partial charge in [-0.2, -0.15) is 0 Å². The fourth-order valence-electron chi connectivity index (χ4n) is 2.08. The van der Waals surface area contributed by atoms with Gasteiger partial charge in [-0.25, -0.2) is 4.98 Å². The maximum atomic E-state index is 11.4. The van der Waals surface area contributed by atoms with E-state index in [1.807, 2.05) is 6.92 Å². The average Bonchev–Trinajstić information content (AvgIpc) is 2.64. The molecule has 1 aliphatic rings. The number of aryl methyl sites for hydroxylation is 1. The first-order valence-electron chi connectivity index (χ1n) is 5.47. The highest BCUT2D eigenvalue weighted by Gasteiger charge is 2.22. The van der Waals surface area contributed by atoms with Crippen LogP contribution in [0, 0.1) is 0 Å². The van der Waals surface area contributed by atoms with Crippen LogP contribution >= 0.6 is 0 Å². The van der Waals surface area contributed by atoms with E-state index in [4.69, 9.17) is 0 Å².